The van der Waals surface area contributed by atoms with Crippen LogP contribution in [0.5, 0.6) is 0 Å². The van der Waals surface area contributed by atoms with Crippen LogP contribution in [0.4, 0.5) is 0 Å². The summed E-state index contributed by atoms with van der Waals surface area (Å²) in [6.45, 7) is 2.39. The Hall–Kier alpha value is 0.208. The van der Waals surface area contributed by atoms with E-state index >= 15 is 0 Å². The molecule has 0 aliphatic carbocycles. The number of hydrogen-bond acceptors (Lipinski definition) is 2. The predicted molar refractivity (Wildman–Crippen MR) is 41.7 cm³/mol. The maximum atomic E-state index is 9.11. The number of halogens is 2. The van der Waals surface area contributed by atoms with Crippen LogP contribution in [-0.2, 0) is 26.1 Å². The molecule has 2 N–H and O–H groups in total. The van der Waals surface area contributed by atoms with Crippen LogP contribution in [0.15, 0.2) is 0 Å². The number of hydrogen-bond donors (Lipinski definition) is 0. The third-order valence-electron chi connectivity index (χ3n) is 0. The van der Waals surface area contributed by atoms with Gasteiger partial charge in [0.25, 0.3) is 0 Å². The van der Waals surface area contributed by atoms with E-state index in [2.05, 4.69) is 0 Å². The second-order valence-electron chi connectivity index (χ2n) is 1.16. The van der Waals surface area contributed by atoms with Crippen molar-refractivity contribution >= 4 is 30.7 Å². The van der Waals surface area contributed by atoms with Crippen molar-refractivity contribution in [2.75, 3.05) is 0 Å². The van der Waals surface area contributed by atoms with Crippen molar-refractivity contribution in [2.24, 2.45) is 0 Å². The molecule has 11 heavy (non-hydrogen) atoms. The van der Waals surface area contributed by atoms with Crippen LogP contribution in [0.2, 0.25) is 0 Å². The molecule has 0 spiro atoms. The molecule has 0 bridgehead atoms. The van der Waals surface area contributed by atoms with Crippen molar-refractivity contribution in [3.05, 3.63) is 11.5 Å². The topological polar surface area (TPSA) is 81.7 Å². The third-order valence-corrected chi connectivity index (χ3v) is 0. The summed E-state index contributed by atoms with van der Waals surface area (Å²) in [6, 6.07) is 0. The van der Waals surface area contributed by atoms with Gasteiger partial charge in [-0.15, -0.1) is 0 Å². The molecular weight excluding hydrogens is 374 g/mol. The summed E-state index contributed by atoms with van der Waals surface area (Å²) in [4.78, 5) is 18.2. The van der Waals surface area contributed by atoms with Crippen LogP contribution in [-0.4, -0.2) is 11.8 Å². The summed E-state index contributed by atoms with van der Waals surface area (Å²) in [5.74, 6) is -1.17. The van der Waals surface area contributed by atoms with Gasteiger partial charge >= 0.3 is 35.3 Å². The van der Waals surface area contributed by atoms with E-state index in [-0.39, 0.29) is 0 Å². The number of rotatable bonds is 0. The van der Waals surface area contributed by atoms with Crippen molar-refractivity contribution in [2.45, 2.75) is 13.8 Å². The number of amides is 2. The molecule has 70 valence electrons. The Bertz CT molecular complexity index is 92.3. The molecule has 0 heterocycles. The molecule has 0 aromatic heterocycles. The van der Waals surface area contributed by atoms with E-state index in [1.54, 1.807) is 0 Å². The molecule has 2 amide bonds. The van der Waals surface area contributed by atoms with Crippen LogP contribution < -0.4 is 0 Å². The molecule has 0 saturated heterocycles. The standard InChI is InChI=1S/2C2H5NO.2ClH.Pt/c2*1-2(3)4;;;/h2*1H3,(H2,3,4);2*1H;/q;;;;+4/p-4. The van der Waals surface area contributed by atoms with E-state index in [9.17, 15) is 0 Å². The van der Waals surface area contributed by atoms with Crippen molar-refractivity contribution in [1.82, 2.24) is 0 Å². The van der Waals surface area contributed by atoms with Gasteiger partial charge in [0, 0.05) is 11.8 Å². The molecule has 4 nitrogen and oxygen atoms in total. The Balaban J connectivity index is -0.0000000886. The summed E-state index contributed by atoms with van der Waals surface area (Å²) in [5.41, 5.74) is 11.9. The summed E-state index contributed by atoms with van der Waals surface area (Å²) in [7, 11) is 9.75. The van der Waals surface area contributed by atoms with Gasteiger partial charge in [0.15, 0.2) is 0 Å². The SMILES string of the molecule is CC([NH-])=O.CC([NH-])=O.[Cl][Pt+2][Cl]. The van der Waals surface area contributed by atoms with Gasteiger partial charge in [0.2, 0.25) is 0 Å². The molecular formula is C4H8Cl2N2O2Pt. The zero-order valence-corrected chi connectivity index (χ0v) is 9.67. The Morgan fingerprint density at radius 1 is 1.09 bits per heavy atom. The van der Waals surface area contributed by atoms with E-state index < -0.39 is 28.3 Å². The molecule has 0 saturated carbocycles. The first-order valence-electron chi connectivity index (χ1n) is 2.15. The fraction of sp³-hybridized carbons (Fsp3) is 0.500. The van der Waals surface area contributed by atoms with Gasteiger partial charge in [0.1, 0.15) is 0 Å². The van der Waals surface area contributed by atoms with E-state index in [1.165, 1.54) is 13.8 Å². The molecule has 0 aromatic carbocycles. The molecule has 0 atom stereocenters. The normalized spacial score (nSPS) is 6.55. The molecule has 0 rings (SSSR count). The van der Waals surface area contributed by atoms with Crippen LogP contribution in [0.25, 0.3) is 11.5 Å². The van der Waals surface area contributed by atoms with E-state index in [4.69, 9.17) is 39.9 Å². The number of carbonyl (C=O) groups excluding carboxylic acids is 2. The monoisotopic (exact) mass is 381 g/mol. The van der Waals surface area contributed by atoms with Crippen molar-refractivity contribution in [3.8, 4) is 0 Å². The molecule has 0 radical (unpaired) electrons. The zero-order chi connectivity index (χ0) is 9.86. The first-order chi connectivity index (χ1) is 4.88. The molecule has 0 fully saturated rings. The summed E-state index contributed by atoms with van der Waals surface area (Å²) >= 11 is -0.472. The molecule has 7 heteroatoms. The first-order valence-corrected chi connectivity index (χ1v) is 7.78. The van der Waals surface area contributed by atoms with Crippen LogP contribution in [0, 0.1) is 0 Å². The van der Waals surface area contributed by atoms with Crippen LogP contribution in [0.3, 0.4) is 0 Å². The fourth-order valence-electron chi connectivity index (χ4n) is 0. The van der Waals surface area contributed by atoms with E-state index in [0.29, 0.717) is 0 Å². The van der Waals surface area contributed by atoms with Gasteiger partial charge in [0.05, 0.1) is 0 Å². The van der Waals surface area contributed by atoms with Gasteiger partial charge in [-0.05, 0) is 13.8 Å². The van der Waals surface area contributed by atoms with Gasteiger partial charge in [-0.1, -0.05) is 0 Å². The van der Waals surface area contributed by atoms with Gasteiger partial charge in [-0.2, -0.15) is 0 Å². The summed E-state index contributed by atoms with van der Waals surface area (Å²) in [5, 5.41) is 0. The minimum absolute atomic E-state index is 0.472. The van der Waals surface area contributed by atoms with E-state index in [0.717, 1.165) is 0 Å². The number of carbonyl (C=O) groups is 2. The minimum atomic E-state index is -0.583. The molecule has 0 unspecified atom stereocenters. The van der Waals surface area contributed by atoms with Crippen molar-refractivity contribution in [1.29, 1.82) is 0 Å². The third kappa shape index (κ3) is 15900. The Kier molecular flexibility index (Phi) is 26.3. The summed E-state index contributed by atoms with van der Waals surface area (Å²) < 4.78 is 0. The molecule has 0 aliphatic heterocycles. The molecule has 0 aliphatic rings. The second-order valence-corrected chi connectivity index (χ2v) is 4.44. The van der Waals surface area contributed by atoms with Crippen molar-refractivity contribution in [3.63, 3.8) is 0 Å². The van der Waals surface area contributed by atoms with Gasteiger partial charge in [-0.3, -0.25) is 0 Å². The average molecular weight is 382 g/mol. The van der Waals surface area contributed by atoms with Crippen LogP contribution >= 0.6 is 18.8 Å². The molecule has 0 aromatic rings. The van der Waals surface area contributed by atoms with Gasteiger partial charge < -0.3 is 21.1 Å². The maximum absolute atomic E-state index is 9.11. The van der Waals surface area contributed by atoms with Crippen molar-refractivity contribution < 1.29 is 26.1 Å². The average Bonchev–Trinajstić information content (AvgIpc) is 1.60. The van der Waals surface area contributed by atoms with E-state index in [1.807, 2.05) is 0 Å². The quantitative estimate of drug-likeness (QED) is 0.645. The summed E-state index contributed by atoms with van der Waals surface area (Å²) in [6.07, 6.45) is 0. The van der Waals surface area contributed by atoms with Crippen LogP contribution in [0.1, 0.15) is 13.8 Å². The fourth-order valence-corrected chi connectivity index (χ4v) is 0. The first kappa shape index (κ1) is 17.3. The Morgan fingerprint density at radius 3 is 1.09 bits per heavy atom. The van der Waals surface area contributed by atoms with Gasteiger partial charge in [-0.25, -0.2) is 0 Å². The predicted octanol–water partition coefficient (Wildman–Crippen LogP) is 2.55. The Morgan fingerprint density at radius 2 is 1.09 bits per heavy atom. The second kappa shape index (κ2) is 16.7. The number of nitrogens with one attached hydrogen (secondary N) is 2. The zero-order valence-electron chi connectivity index (χ0n) is 5.89. The Labute approximate surface area is 82.0 Å².